The van der Waals surface area contributed by atoms with Crippen LogP contribution in [-0.2, 0) is 63.0 Å². The van der Waals surface area contributed by atoms with Gasteiger partial charge in [0.2, 0.25) is 53.2 Å². The molecule has 70 heavy (non-hydrogen) atoms. The Hall–Kier alpha value is -6.84. The monoisotopic (exact) mass is 978 g/mol. The molecule has 0 saturated carbocycles. The molecule has 0 aliphatic heterocycles. The van der Waals surface area contributed by atoms with Crippen molar-refractivity contribution < 1.29 is 43.2 Å². The number of benzene rings is 1. The number of rotatable bonds is 29. The zero-order valence-electron chi connectivity index (χ0n) is 41.9. The summed E-state index contributed by atoms with van der Waals surface area (Å²) in [6.07, 6.45) is 6.02. The maximum absolute atomic E-state index is 14.2. The van der Waals surface area contributed by atoms with Gasteiger partial charge in [0, 0.05) is 74.8 Å². The Labute approximate surface area is 409 Å². The lowest BCUT2D eigenvalue weighted by molar-refractivity contribution is -0.140. The van der Waals surface area contributed by atoms with Crippen molar-refractivity contribution in [3.05, 3.63) is 54.2 Å². The minimum atomic E-state index is -1.21. The van der Waals surface area contributed by atoms with E-state index in [4.69, 9.17) is 17.2 Å². The van der Waals surface area contributed by atoms with Crippen LogP contribution in [-0.4, -0.2) is 128 Å². The third kappa shape index (κ3) is 17.6. The van der Waals surface area contributed by atoms with Gasteiger partial charge >= 0.3 is 0 Å². The second-order valence-corrected chi connectivity index (χ2v) is 18.8. The Balaban J connectivity index is 1.71. The Morgan fingerprint density at radius 3 is 2.07 bits per heavy atom. The van der Waals surface area contributed by atoms with E-state index in [-0.39, 0.29) is 56.3 Å². The summed E-state index contributed by atoms with van der Waals surface area (Å²) in [7, 11) is 3.19. The molecule has 22 nitrogen and oxygen atoms in total. The van der Waals surface area contributed by atoms with Crippen LogP contribution in [0.5, 0.6) is 0 Å². The minimum absolute atomic E-state index is 0.00356. The average Bonchev–Trinajstić information content (AvgIpc) is 3.92. The highest BCUT2D eigenvalue weighted by molar-refractivity contribution is 5.96. The van der Waals surface area contributed by atoms with Crippen molar-refractivity contribution in [2.45, 2.75) is 142 Å². The molecule has 13 N–H and O–H groups in total. The number of nitrogens with one attached hydrogen (secondary N) is 7. The molecule has 2 aromatic heterocycles. The summed E-state index contributed by atoms with van der Waals surface area (Å²) in [5, 5.41) is 17.1. The molecule has 3 rings (SSSR count). The summed E-state index contributed by atoms with van der Waals surface area (Å²) in [5.41, 5.74) is 18.9. The molecule has 0 fully saturated rings. The SMILES string of the molecule is CC[C@H](C)[C@@H](CCC(=O)N[C@@H](CC(C)C)C(N)=O)NC(=O)[C@H](Cc1cncn1C)N(C)C(=O)CNC(=O)[C@@H](NC(=O)[C@H](C)NC(=O)[C@H](Cc1c[nH]c2ccccc12)NC(=O)[C@@H](N)CCC(N)=O)C(C)C. The summed E-state index contributed by atoms with van der Waals surface area (Å²) in [5.74, 6) is -6.08. The standard InChI is InChI=1S/C48H75N13O9/c1-10-28(6)34(16-18-40(63)56-36(43(51)65)19-26(2)3)57-47(69)38(21-31-23-52-25-60(31)8)61(9)41(64)24-54-48(70)42(27(4)5)59-44(66)29(7)55-46(68)37(58-45(67)33(49)15-17-39(50)62)20-30-22-53-35-14-12-11-13-32(30)35/h11-14,22-23,25-29,33-34,36-38,42,53H,10,15-21,24,49H2,1-9H3,(H2,50,62)(H2,51,65)(H,54,70)(H,55,68)(H,56,63)(H,57,69)(H,58,67)(H,59,66)/t28-,29-,33-,34+,36-,37-,38-,42-/m0/s1. The maximum atomic E-state index is 14.2. The number of para-hydroxylation sites is 1. The largest absolute Gasteiger partial charge is 0.370 e. The van der Waals surface area contributed by atoms with E-state index in [1.54, 1.807) is 44.2 Å². The molecule has 0 radical (unpaired) electrons. The predicted molar refractivity (Wildman–Crippen MR) is 262 cm³/mol. The summed E-state index contributed by atoms with van der Waals surface area (Å²) >= 11 is 0. The number of imidazole rings is 1. The van der Waals surface area contributed by atoms with Crippen LogP contribution in [0.3, 0.4) is 0 Å². The van der Waals surface area contributed by atoms with Crippen LogP contribution in [0.25, 0.3) is 10.9 Å². The molecule has 0 bridgehead atoms. The first kappa shape index (κ1) is 57.5. The minimum Gasteiger partial charge on any atom is -0.370 e. The van der Waals surface area contributed by atoms with E-state index in [0.717, 1.165) is 10.9 Å². The van der Waals surface area contributed by atoms with Gasteiger partial charge < -0.3 is 63.6 Å². The highest BCUT2D eigenvalue weighted by Gasteiger charge is 2.34. The highest BCUT2D eigenvalue weighted by atomic mass is 16.2. The first-order valence-corrected chi connectivity index (χ1v) is 23.8. The maximum Gasteiger partial charge on any atom is 0.243 e. The lowest BCUT2D eigenvalue weighted by Crippen LogP contribution is -2.59. The number of fused-ring (bicyclic) bond motifs is 1. The zero-order chi connectivity index (χ0) is 52.4. The van der Waals surface area contributed by atoms with E-state index >= 15 is 0 Å². The van der Waals surface area contributed by atoms with Crippen molar-refractivity contribution in [3.8, 4) is 0 Å². The second-order valence-electron chi connectivity index (χ2n) is 18.8. The number of H-pyrrole nitrogens is 1. The Bertz CT molecular complexity index is 2290. The molecule has 0 spiro atoms. The van der Waals surface area contributed by atoms with Gasteiger partial charge in [-0.05, 0) is 55.6 Å². The fourth-order valence-electron chi connectivity index (χ4n) is 7.72. The summed E-state index contributed by atoms with van der Waals surface area (Å²) in [4.78, 5) is 127. The van der Waals surface area contributed by atoms with Crippen molar-refractivity contribution >= 4 is 64.1 Å². The number of likely N-dealkylation sites (N-methyl/N-ethyl adjacent to an activating group) is 1. The van der Waals surface area contributed by atoms with Gasteiger partial charge in [0.25, 0.3) is 0 Å². The molecule has 0 aliphatic carbocycles. The normalized spacial score (nSPS) is 14.8. The number of aryl methyl sites for hydroxylation is 1. The van der Waals surface area contributed by atoms with Crippen molar-refractivity contribution in [1.82, 2.24) is 51.3 Å². The zero-order valence-corrected chi connectivity index (χ0v) is 41.9. The number of amides is 9. The Kier molecular flexibility index (Phi) is 22.5. The fraction of sp³-hybridized carbons (Fsp3) is 0.583. The predicted octanol–water partition coefficient (Wildman–Crippen LogP) is -0.320. The molecular weight excluding hydrogens is 903 g/mol. The van der Waals surface area contributed by atoms with E-state index in [2.05, 4.69) is 41.9 Å². The van der Waals surface area contributed by atoms with Gasteiger partial charge in [-0.2, -0.15) is 0 Å². The molecule has 3 aromatic rings. The van der Waals surface area contributed by atoms with Gasteiger partial charge in [-0.15, -0.1) is 0 Å². The van der Waals surface area contributed by atoms with E-state index in [1.807, 2.05) is 52.0 Å². The molecule has 0 aliphatic rings. The third-order valence-corrected chi connectivity index (χ3v) is 12.4. The van der Waals surface area contributed by atoms with Crippen molar-refractivity contribution in [1.29, 1.82) is 0 Å². The average molecular weight is 978 g/mol. The fourth-order valence-corrected chi connectivity index (χ4v) is 7.72. The van der Waals surface area contributed by atoms with E-state index in [9.17, 15) is 43.2 Å². The van der Waals surface area contributed by atoms with Gasteiger partial charge in [0.05, 0.1) is 18.9 Å². The smallest absolute Gasteiger partial charge is 0.243 e. The highest BCUT2D eigenvalue weighted by Crippen LogP contribution is 2.20. The van der Waals surface area contributed by atoms with Crippen LogP contribution in [0, 0.1) is 17.8 Å². The van der Waals surface area contributed by atoms with Gasteiger partial charge in [-0.3, -0.25) is 43.2 Å². The number of primary amides is 2. The lowest BCUT2D eigenvalue weighted by atomic mass is 9.94. The lowest BCUT2D eigenvalue weighted by Gasteiger charge is -2.31. The quantitative estimate of drug-likeness (QED) is 0.0430. The van der Waals surface area contributed by atoms with Gasteiger partial charge in [-0.1, -0.05) is 66.2 Å². The molecular formula is C48H75N13O9. The summed E-state index contributed by atoms with van der Waals surface area (Å²) < 4.78 is 1.72. The van der Waals surface area contributed by atoms with Crippen LogP contribution in [0.4, 0.5) is 0 Å². The van der Waals surface area contributed by atoms with Crippen molar-refractivity contribution in [2.75, 3.05) is 13.6 Å². The van der Waals surface area contributed by atoms with E-state index in [0.29, 0.717) is 24.1 Å². The number of hydrogen-bond donors (Lipinski definition) is 10. The molecule has 22 heteroatoms. The number of nitrogens with two attached hydrogens (primary N) is 3. The molecule has 386 valence electrons. The Morgan fingerprint density at radius 1 is 0.786 bits per heavy atom. The number of aromatic nitrogens is 3. The van der Waals surface area contributed by atoms with Crippen LogP contribution >= 0.6 is 0 Å². The topological polar surface area (TPSA) is 341 Å². The molecule has 9 amide bonds. The molecule has 1 aromatic carbocycles. The van der Waals surface area contributed by atoms with Crippen molar-refractivity contribution in [2.24, 2.45) is 42.0 Å². The van der Waals surface area contributed by atoms with E-state index in [1.165, 1.54) is 18.9 Å². The van der Waals surface area contributed by atoms with Gasteiger partial charge in [0.15, 0.2) is 0 Å². The van der Waals surface area contributed by atoms with Crippen LogP contribution in [0.2, 0.25) is 0 Å². The number of aromatic amines is 1. The first-order chi connectivity index (χ1) is 32.9. The first-order valence-electron chi connectivity index (χ1n) is 23.8. The summed E-state index contributed by atoms with van der Waals surface area (Å²) in [6, 6.07) is 0.250. The van der Waals surface area contributed by atoms with Crippen LogP contribution in [0.15, 0.2) is 43.0 Å². The number of carbonyl (C=O) groups is 9. The molecule has 0 unspecified atom stereocenters. The number of carbonyl (C=O) groups excluding carboxylic acids is 9. The Morgan fingerprint density at radius 2 is 1.47 bits per heavy atom. The van der Waals surface area contributed by atoms with Gasteiger partial charge in [0.1, 0.15) is 30.2 Å². The third-order valence-electron chi connectivity index (χ3n) is 12.4. The number of nitrogens with zero attached hydrogens (tertiary/aromatic N) is 3. The second kappa shape index (κ2) is 27.4. The van der Waals surface area contributed by atoms with Crippen LogP contribution < -0.4 is 49.1 Å². The van der Waals surface area contributed by atoms with Crippen molar-refractivity contribution in [3.63, 3.8) is 0 Å². The van der Waals surface area contributed by atoms with E-state index < -0.39 is 102 Å². The summed E-state index contributed by atoms with van der Waals surface area (Å²) in [6.45, 7) is 11.9. The molecule has 0 saturated heterocycles. The van der Waals surface area contributed by atoms with Gasteiger partial charge in [-0.25, -0.2) is 4.98 Å². The molecule has 8 atom stereocenters. The number of hydrogen-bond acceptors (Lipinski definition) is 11. The molecule has 2 heterocycles. The van der Waals surface area contributed by atoms with Crippen LogP contribution in [0.1, 0.15) is 98.2 Å².